The predicted molar refractivity (Wildman–Crippen MR) is 91.4 cm³/mol. The number of anilines is 2. The summed E-state index contributed by atoms with van der Waals surface area (Å²) >= 11 is 4.67. The summed E-state index contributed by atoms with van der Waals surface area (Å²) in [6, 6.07) is 0. The van der Waals surface area contributed by atoms with Crippen LogP contribution in [0.3, 0.4) is 0 Å². The highest BCUT2D eigenvalue weighted by Gasteiger charge is 2.16. The van der Waals surface area contributed by atoms with Crippen LogP contribution < -0.4 is 11.1 Å². The van der Waals surface area contributed by atoms with Crippen molar-refractivity contribution in [3.63, 3.8) is 0 Å². The Hall–Kier alpha value is -1.51. The van der Waals surface area contributed by atoms with Crippen LogP contribution in [0.4, 0.5) is 10.8 Å². The lowest BCUT2D eigenvalue weighted by Crippen LogP contribution is -2.04. The smallest absolute Gasteiger partial charge is 0.149 e. The van der Waals surface area contributed by atoms with Crippen LogP contribution in [0, 0.1) is 13.8 Å². The van der Waals surface area contributed by atoms with Crippen LogP contribution in [0.5, 0.6) is 0 Å². The number of hydrogen-bond acceptors (Lipinski definition) is 8. The molecule has 3 aromatic heterocycles. The first-order valence-corrected chi connectivity index (χ1v) is 8.99. The van der Waals surface area contributed by atoms with Gasteiger partial charge in [-0.1, -0.05) is 0 Å². The van der Waals surface area contributed by atoms with Gasteiger partial charge in [-0.05, 0) is 25.4 Å². The molecule has 8 heteroatoms. The fraction of sp³-hybridized carbons (Fsp3) is 0.308. The monoisotopic (exact) mass is 337 g/mol. The van der Waals surface area contributed by atoms with Crippen molar-refractivity contribution in [2.24, 2.45) is 0 Å². The molecule has 0 aliphatic heterocycles. The Labute approximate surface area is 135 Å². The highest BCUT2D eigenvalue weighted by molar-refractivity contribution is 7.15. The summed E-state index contributed by atoms with van der Waals surface area (Å²) in [7, 11) is 0. The first-order chi connectivity index (χ1) is 10.1. The predicted octanol–water partition coefficient (Wildman–Crippen LogP) is 3.58. The first-order valence-electron chi connectivity index (χ1n) is 6.46. The fourth-order valence-electron chi connectivity index (χ4n) is 1.90. The maximum atomic E-state index is 5.98. The van der Waals surface area contributed by atoms with E-state index in [0.29, 0.717) is 5.82 Å². The molecule has 0 unspecified atom stereocenters. The van der Waals surface area contributed by atoms with Crippen LogP contribution in [0.1, 0.15) is 16.4 Å². The number of nitrogen functional groups attached to an aromatic ring is 1. The molecule has 0 aliphatic carbocycles. The largest absolute Gasteiger partial charge is 0.382 e. The van der Waals surface area contributed by atoms with Crippen LogP contribution in [0.25, 0.3) is 10.6 Å². The van der Waals surface area contributed by atoms with Gasteiger partial charge < -0.3 is 11.1 Å². The van der Waals surface area contributed by atoms with Gasteiger partial charge in [0, 0.05) is 35.1 Å². The third-order valence-corrected chi connectivity index (χ3v) is 5.67. The Morgan fingerprint density at radius 2 is 1.90 bits per heavy atom. The second kappa shape index (κ2) is 6.08. The van der Waals surface area contributed by atoms with Crippen molar-refractivity contribution in [3.05, 3.63) is 27.2 Å². The van der Waals surface area contributed by atoms with Gasteiger partial charge in [-0.25, -0.2) is 9.97 Å². The lowest BCUT2D eigenvalue weighted by Gasteiger charge is -2.04. The standard InChI is InChI=1S/C13H15N5S3/c1-7-5-19-9(16-7)3-4-15-12-10(11(14)18-21-12)13-17-8(2)6-20-13/h5-6,15H,3-4H2,1-2H3,(H2,14,18). The fourth-order valence-corrected chi connectivity index (χ4v) is 4.34. The summed E-state index contributed by atoms with van der Waals surface area (Å²) in [6.07, 6.45) is 0.895. The van der Waals surface area contributed by atoms with Crippen molar-refractivity contribution in [1.29, 1.82) is 0 Å². The molecule has 3 aromatic rings. The number of nitrogens with zero attached hydrogens (tertiary/aromatic N) is 3. The Bertz CT molecular complexity index is 743. The Morgan fingerprint density at radius 3 is 2.57 bits per heavy atom. The van der Waals surface area contributed by atoms with Gasteiger partial charge in [-0.15, -0.1) is 22.7 Å². The highest BCUT2D eigenvalue weighted by atomic mass is 32.1. The molecule has 3 rings (SSSR count). The molecule has 21 heavy (non-hydrogen) atoms. The number of aromatic nitrogens is 3. The van der Waals surface area contributed by atoms with Crippen molar-refractivity contribution < 1.29 is 0 Å². The summed E-state index contributed by atoms with van der Waals surface area (Å²) < 4.78 is 4.24. The van der Waals surface area contributed by atoms with E-state index in [-0.39, 0.29) is 0 Å². The van der Waals surface area contributed by atoms with Crippen LogP contribution in [0.2, 0.25) is 0 Å². The lowest BCUT2D eigenvalue weighted by atomic mass is 10.3. The Morgan fingerprint density at radius 1 is 1.14 bits per heavy atom. The molecule has 0 aliphatic rings. The third kappa shape index (κ3) is 3.22. The maximum Gasteiger partial charge on any atom is 0.149 e. The van der Waals surface area contributed by atoms with Gasteiger partial charge in [-0.2, -0.15) is 4.37 Å². The molecule has 3 N–H and O–H groups in total. The van der Waals surface area contributed by atoms with E-state index in [0.717, 1.165) is 44.9 Å². The van der Waals surface area contributed by atoms with Crippen molar-refractivity contribution >= 4 is 45.0 Å². The van der Waals surface area contributed by atoms with Crippen LogP contribution in [0.15, 0.2) is 10.8 Å². The average molecular weight is 337 g/mol. The number of nitrogens with one attached hydrogen (secondary N) is 1. The van der Waals surface area contributed by atoms with Crippen LogP contribution >= 0.6 is 34.2 Å². The quantitative estimate of drug-likeness (QED) is 0.744. The van der Waals surface area contributed by atoms with E-state index >= 15 is 0 Å². The Balaban J connectivity index is 1.71. The molecule has 0 bridgehead atoms. The minimum Gasteiger partial charge on any atom is -0.382 e. The molecule has 0 saturated heterocycles. The molecule has 3 heterocycles. The van der Waals surface area contributed by atoms with E-state index in [2.05, 4.69) is 25.0 Å². The molecule has 0 fully saturated rings. The molecule has 5 nitrogen and oxygen atoms in total. The van der Waals surface area contributed by atoms with E-state index in [1.807, 2.05) is 19.2 Å². The van der Waals surface area contributed by atoms with Gasteiger partial charge in [-0.3, -0.25) is 0 Å². The van der Waals surface area contributed by atoms with E-state index in [9.17, 15) is 0 Å². The first kappa shape index (κ1) is 14.4. The topological polar surface area (TPSA) is 76.7 Å². The molecule has 0 radical (unpaired) electrons. The van der Waals surface area contributed by atoms with E-state index < -0.39 is 0 Å². The summed E-state index contributed by atoms with van der Waals surface area (Å²) in [5, 5.41) is 10.6. The molecular formula is C13H15N5S3. The SMILES string of the molecule is Cc1csc(CCNc2snc(N)c2-c2nc(C)cs2)n1. The van der Waals surface area contributed by atoms with Crippen molar-refractivity contribution in [3.8, 4) is 10.6 Å². The van der Waals surface area contributed by atoms with Crippen molar-refractivity contribution in [2.45, 2.75) is 20.3 Å². The second-order valence-corrected chi connectivity index (χ2v) is 7.20. The van der Waals surface area contributed by atoms with E-state index in [1.54, 1.807) is 22.7 Å². The molecule has 0 aromatic carbocycles. The minimum atomic E-state index is 0.543. The lowest BCUT2D eigenvalue weighted by molar-refractivity contribution is 0.990. The number of nitrogens with two attached hydrogens (primary N) is 1. The average Bonchev–Trinajstić information content (AvgIpc) is 3.12. The molecule has 0 amide bonds. The van der Waals surface area contributed by atoms with Gasteiger partial charge in [0.1, 0.15) is 15.8 Å². The highest BCUT2D eigenvalue weighted by Crippen LogP contribution is 2.38. The zero-order valence-corrected chi connectivity index (χ0v) is 14.2. The minimum absolute atomic E-state index is 0.543. The van der Waals surface area contributed by atoms with Gasteiger partial charge in [0.2, 0.25) is 0 Å². The number of rotatable bonds is 5. The zero-order chi connectivity index (χ0) is 14.8. The van der Waals surface area contributed by atoms with Gasteiger partial charge in [0.05, 0.1) is 10.6 Å². The van der Waals surface area contributed by atoms with E-state index in [4.69, 9.17) is 5.73 Å². The second-order valence-electron chi connectivity index (χ2n) is 4.63. The van der Waals surface area contributed by atoms with Crippen molar-refractivity contribution in [2.75, 3.05) is 17.6 Å². The van der Waals surface area contributed by atoms with Crippen LogP contribution in [-0.4, -0.2) is 20.9 Å². The zero-order valence-electron chi connectivity index (χ0n) is 11.7. The normalized spacial score (nSPS) is 11.0. The summed E-state index contributed by atoms with van der Waals surface area (Å²) in [5.74, 6) is 0.543. The number of thiazole rings is 2. The molecule has 110 valence electrons. The number of hydrogen-bond donors (Lipinski definition) is 2. The number of aryl methyl sites for hydroxylation is 2. The molecule has 0 saturated carbocycles. The van der Waals surface area contributed by atoms with Gasteiger partial charge in [0.25, 0.3) is 0 Å². The molecular weight excluding hydrogens is 322 g/mol. The van der Waals surface area contributed by atoms with Gasteiger partial charge >= 0.3 is 0 Å². The molecule has 0 atom stereocenters. The maximum absolute atomic E-state index is 5.98. The third-order valence-electron chi connectivity index (χ3n) is 2.84. The summed E-state index contributed by atoms with van der Waals surface area (Å²) in [5.41, 5.74) is 8.99. The molecule has 0 spiro atoms. The van der Waals surface area contributed by atoms with Crippen molar-refractivity contribution in [1.82, 2.24) is 14.3 Å². The van der Waals surface area contributed by atoms with Crippen LogP contribution in [-0.2, 0) is 6.42 Å². The van der Waals surface area contributed by atoms with E-state index in [1.165, 1.54) is 11.5 Å². The summed E-state index contributed by atoms with van der Waals surface area (Å²) in [6.45, 7) is 4.81. The van der Waals surface area contributed by atoms with Gasteiger partial charge in [0.15, 0.2) is 0 Å². The Kier molecular flexibility index (Phi) is 4.18. The summed E-state index contributed by atoms with van der Waals surface area (Å²) in [4.78, 5) is 8.96.